The predicted octanol–water partition coefficient (Wildman–Crippen LogP) is -1.46. The standard InChI is InChI=1S/C26H37N9O6/c27-18(11-15-5-7-17(36)8-6-15)24(39)35-10-2-4-21(35)23(38)33-19(3-1-9-31-26(28)29)22(37)34-20(25(40)41)12-16-13-30-14-32-16/h5-8,13-14,18-21,36H,1-4,9-12,27H2,(H,30,32)(H,33,38)(H,34,37)(H,40,41)(H4,28,29,31)/t18-,19-,20-,21-/m0/s1. The van der Waals surface area contributed by atoms with Crippen molar-refractivity contribution in [2.75, 3.05) is 13.1 Å². The number of carbonyl (C=O) groups excluding carboxylic acids is 3. The first kappa shape index (κ1) is 30.9. The summed E-state index contributed by atoms with van der Waals surface area (Å²) in [6, 6.07) is 2.16. The van der Waals surface area contributed by atoms with Crippen LogP contribution in [-0.2, 0) is 32.0 Å². The van der Waals surface area contributed by atoms with Crippen LogP contribution in [0.4, 0.5) is 0 Å². The third-order valence-corrected chi connectivity index (χ3v) is 6.75. The number of aromatic nitrogens is 2. The fraction of sp³-hybridized carbons (Fsp3) is 0.462. The molecule has 0 aliphatic carbocycles. The van der Waals surface area contributed by atoms with Crippen LogP contribution in [0.1, 0.15) is 36.9 Å². The highest BCUT2D eigenvalue weighted by atomic mass is 16.4. The summed E-state index contributed by atoms with van der Waals surface area (Å²) in [5.74, 6) is -3.08. The zero-order chi connectivity index (χ0) is 29.9. The van der Waals surface area contributed by atoms with Gasteiger partial charge in [-0.2, -0.15) is 0 Å². The van der Waals surface area contributed by atoms with Crippen molar-refractivity contribution in [1.29, 1.82) is 5.41 Å². The van der Waals surface area contributed by atoms with Crippen molar-refractivity contribution in [3.05, 3.63) is 48.0 Å². The van der Waals surface area contributed by atoms with Gasteiger partial charge in [0.15, 0.2) is 5.96 Å². The number of nitrogens with two attached hydrogens (primary N) is 2. The predicted molar refractivity (Wildman–Crippen MR) is 147 cm³/mol. The Kier molecular flexibility index (Phi) is 11.0. The number of H-pyrrole nitrogens is 1. The number of rotatable bonds is 14. The number of hydrogen-bond acceptors (Lipinski definition) is 8. The van der Waals surface area contributed by atoms with Gasteiger partial charge in [-0.05, 0) is 49.8 Å². The summed E-state index contributed by atoms with van der Waals surface area (Å²) in [6.45, 7) is 0.578. The quantitative estimate of drug-likeness (QED) is 0.0723. The lowest BCUT2D eigenvalue weighted by Gasteiger charge is -2.28. The van der Waals surface area contributed by atoms with Crippen molar-refractivity contribution in [2.24, 2.45) is 11.5 Å². The number of carboxylic acid groups (broad SMARTS) is 1. The molecule has 222 valence electrons. The second kappa shape index (κ2) is 14.6. The number of carbonyl (C=O) groups is 4. The molecular formula is C26H37N9O6. The molecule has 1 saturated heterocycles. The SMILES string of the molecule is N=C(N)NCCC[C@H](NC(=O)[C@@H]1CCCN1C(=O)[C@@H](N)Cc1ccc(O)cc1)C(=O)N[C@@H](Cc1c[nH]cn1)C(=O)O. The van der Waals surface area contributed by atoms with Gasteiger partial charge in [-0.15, -0.1) is 0 Å². The van der Waals surface area contributed by atoms with Gasteiger partial charge in [-0.3, -0.25) is 19.8 Å². The topological polar surface area (TPSA) is 253 Å². The van der Waals surface area contributed by atoms with Crippen molar-refractivity contribution >= 4 is 29.7 Å². The number of phenolic OH excluding ortho intramolecular Hbond substituents is 1. The summed E-state index contributed by atoms with van der Waals surface area (Å²) < 4.78 is 0. The van der Waals surface area contributed by atoms with Gasteiger partial charge in [0.1, 0.15) is 23.9 Å². The number of guanidine groups is 1. The van der Waals surface area contributed by atoms with E-state index < -0.39 is 47.9 Å². The van der Waals surface area contributed by atoms with Crippen LogP contribution in [0.15, 0.2) is 36.8 Å². The second-order valence-electron chi connectivity index (χ2n) is 9.87. The zero-order valence-electron chi connectivity index (χ0n) is 22.5. The van der Waals surface area contributed by atoms with Crippen LogP contribution in [0.5, 0.6) is 5.75 Å². The molecule has 1 aliphatic rings. The average Bonchev–Trinajstić information content (AvgIpc) is 3.63. The van der Waals surface area contributed by atoms with Crippen molar-refractivity contribution in [2.45, 2.75) is 62.7 Å². The normalized spacial score (nSPS) is 16.8. The zero-order valence-corrected chi connectivity index (χ0v) is 22.5. The van der Waals surface area contributed by atoms with Gasteiger partial charge in [0.05, 0.1) is 18.1 Å². The first-order valence-electron chi connectivity index (χ1n) is 13.3. The lowest BCUT2D eigenvalue weighted by atomic mass is 10.0. The van der Waals surface area contributed by atoms with Crippen molar-refractivity contribution in [1.82, 2.24) is 30.8 Å². The third kappa shape index (κ3) is 9.20. The van der Waals surface area contributed by atoms with Crippen LogP contribution >= 0.6 is 0 Å². The number of aromatic hydroxyl groups is 1. The first-order chi connectivity index (χ1) is 19.5. The maximum Gasteiger partial charge on any atom is 0.326 e. The van der Waals surface area contributed by atoms with Gasteiger partial charge in [0.25, 0.3) is 0 Å². The number of amides is 3. The number of nitrogens with zero attached hydrogens (tertiary/aromatic N) is 2. The van der Waals surface area contributed by atoms with Crippen molar-refractivity contribution < 1.29 is 29.4 Å². The number of likely N-dealkylation sites (tertiary alicyclic amines) is 1. The Bertz CT molecular complexity index is 1200. The van der Waals surface area contributed by atoms with Gasteiger partial charge in [0.2, 0.25) is 17.7 Å². The molecule has 0 unspecified atom stereocenters. The molecule has 0 saturated carbocycles. The molecule has 11 N–H and O–H groups in total. The molecule has 4 atom stereocenters. The third-order valence-electron chi connectivity index (χ3n) is 6.75. The molecule has 1 aliphatic heterocycles. The molecule has 2 aromatic rings. The molecule has 0 spiro atoms. The Balaban J connectivity index is 1.67. The number of carboxylic acids is 1. The molecule has 1 aromatic carbocycles. The van der Waals surface area contributed by atoms with E-state index in [4.69, 9.17) is 16.9 Å². The number of aliphatic carboxylic acids is 1. The van der Waals surface area contributed by atoms with Crippen molar-refractivity contribution in [3.8, 4) is 5.75 Å². The van der Waals surface area contributed by atoms with E-state index in [9.17, 15) is 29.4 Å². The van der Waals surface area contributed by atoms with Crippen LogP contribution in [0.3, 0.4) is 0 Å². The summed E-state index contributed by atoms with van der Waals surface area (Å²) in [7, 11) is 0. The van der Waals surface area contributed by atoms with Gasteiger partial charge >= 0.3 is 5.97 Å². The largest absolute Gasteiger partial charge is 0.508 e. The average molecular weight is 572 g/mol. The van der Waals surface area contributed by atoms with Gasteiger partial charge in [0, 0.05) is 25.7 Å². The van der Waals surface area contributed by atoms with Crippen LogP contribution < -0.4 is 27.4 Å². The van der Waals surface area contributed by atoms with E-state index >= 15 is 0 Å². The van der Waals surface area contributed by atoms with E-state index in [2.05, 4.69) is 25.9 Å². The molecular weight excluding hydrogens is 534 g/mol. The van der Waals surface area contributed by atoms with Crippen LogP contribution in [0.2, 0.25) is 0 Å². The Labute approximate surface area is 236 Å². The molecule has 15 heteroatoms. The van der Waals surface area contributed by atoms with E-state index in [0.717, 1.165) is 5.56 Å². The fourth-order valence-corrected chi connectivity index (χ4v) is 4.64. The Hall–Kier alpha value is -4.66. The smallest absolute Gasteiger partial charge is 0.326 e. The van der Waals surface area contributed by atoms with E-state index in [1.54, 1.807) is 12.1 Å². The van der Waals surface area contributed by atoms with Crippen LogP contribution in [0.25, 0.3) is 0 Å². The van der Waals surface area contributed by atoms with Gasteiger partial charge < -0.3 is 47.5 Å². The fourth-order valence-electron chi connectivity index (χ4n) is 4.64. The molecule has 1 fully saturated rings. The van der Waals surface area contributed by atoms with E-state index in [0.29, 0.717) is 31.5 Å². The first-order valence-corrected chi connectivity index (χ1v) is 13.3. The minimum Gasteiger partial charge on any atom is -0.508 e. The van der Waals surface area contributed by atoms with E-state index in [1.807, 2.05) is 0 Å². The summed E-state index contributed by atoms with van der Waals surface area (Å²) in [6.07, 6.45) is 4.46. The minimum atomic E-state index is -1.29. The number of phenols is 1. The number of aromatic amines is 1. The molecule has 1 aromatic heterocycles. The van der Waals surface area contributed by atoms with E-state index in [1.165, 1.54) is 29.6 Å². The number of benzene rings is 1. The van der Waals surface area contributed by atoms with Gasteiger partial charge in [-0.1, -0.05) is 12.1 Å². The molecule has 0 radical (unpaired) electrons. The lowest BCUT2D eigenvalue weighted by molar-refractivity contribution is -0.143. The molecule has 0 bridgehead atoms. The maximum absolute atomic E-state index is 13.4. The number of imidazole rings is 1. The summed E-state index contributed by atoms with van der Waals surface area (Å²) in [4.78, 5) is 59.7. The maximum atomic E-state index is 13.4. The summed E-state index contributed by atoms with van der Waals surface area (Å²) >= 11 is 0. The highest BCUT2D eigenvalue weighted by Crippen LogP contribution is 2.20. The minimum absolute atomic E-state index is 0.0685. The van der Waals surface area contributed by atoms with Crippen molar-refractivity contribution in [3.63, 3.8) is 0 Å². The molecule has 15 nitrogen and oxygen atoms in total. The Morgan fingerprint density at radius 1 is 1.15 bits per heavy atom. The number of nitrogens with one attached hydrogen (secondary N) is 5. The lowest BCUT2D eigenvalue weighted by Crippen LogP contribution is -2.57. The highest BCUT2D eigenvalue weighted by Gasteiger charge is 2.38. The molecule has 41 heavy (non-hydrogen) atoms. The second-order valence-corrected chi connectivity index (χ2v) is 9.87. The molecule has 2 heterocycles. The molecule has 3 amide bonds. The summed E-state index contributed by atoms with van der Waals surface area (Å²) in [5, 5.41) is 34.2. The van der Waals surface area contributed by atoms with Crippen LogP contribution in [0, 0.1) is 5.41 Å². The van der Waals surface area contributed by atoms with Gasteiger partial charge in [-0.25, -0.2) is 9.78 Å². The summed E-state index contributed by atoms with van der Waals surface area (Å²) in [5.41, 5.74) is 12.7. The monoisotopic (exact) mass is 571 g/mol. The van der Waals surface area contributed by atoms with Crippen LogP contribution in [-0.4, -0.2) is 92.0 Å². The molecule has 3 rings (SSSR count). The Morgan fingerprint density at radius 3 is 2.51 bits per heavy atom. The highest BCUT2D eigenvalue weighted by molar-refractivity contribution is 5.94. The number of hydrogen-bond donors (Lipinski definition) is 9. The Morgan fingerprint density at radius 2 is 1.88 bits per heavy atom. The van der Waals surface area contributed by atoms with E-state index in [-0.39, 0.29) is 37.5 Å².